The fourth-order valence-electron chi connectivity index (χ4n) is 2.01. The van der Waals surface area contributed by atoms with E-state index >= 15 is 0 Å². The molecule has 18 heavy (non-hydrogen) atoms. The Morgan fingerprint density at radius 2 is 1.94 bits per heavy atom. The number of rotatable bonds is 2. The van der Waals surface area contributed by atoms with E-state index < -0.39 is 10.0 Å². The molecule has 0 amide bonds. The van der Waals surface area contributed by atoms with E-state index in [-0.39, 0.29) is 12.4 Å². The zero-order valence-electron chi connectivity index (χ0n) is 9.99. The van der Waals surface area contributed by atoms with E-state index in [1.54, 1.807) is 6.07 Å². The van der Waals surface area contributed by atoms with Crippen molar-refractivity contribution in [1.82, 2.24) is 5.32 Å². The molecule has 0 saturated carbocycles. The average Bonchev–Trinajstić information content (AvgIpc) is 2.46. The third-order valence-electron chi connectivity index (χ3n) is 2.76. The van der Waals surface area contributed by atoms with Crippen LogP contribution in [0.25, 0.3) is 0 Å². The maximum atomic E-state index is 11.2. The summed E-state index contributed by atoms with van der Waals surface area (Å²) in [5.41, 5.74) is 2.71. The molecule has 2 N–H and O–H groups in total. The van der Waals surface area contributed by atoms with Gasteiger partial charge in [0.1, 0.15) is 0 Å². The van der Waals surface area contributed by atoms with Crippen LogP contribution < -0.4 is 10.0 Å². The topological polar surface area (TPSA) is 58.2 Å². The number of hydrogen-bond acceptors (Lipinski definition) is 3. The van der Waals surface area contributed by atoms with Crippen molar-refractivity contribution in [3.8, 4) is 0 Å². The largest absolute Gasteiger partial charge is 0.316 e. The highest BCUT2D eigenvalue weighted by atomic mass is 35.5. The van der Waals surface area contributed by atoms with Crippen LogP contribution in [0, 0.1) is 0 Å². The second-order valence-corrected chi connectivity index (χ2v) is 6.32. The first-order chi connectivity index (χ1) is 7.97. The quantitative estimate of drug-likeness (QED) is 0.876. The lowest BCUT2D eigenvalue weighted by atomic mass is 10.0. The number of nitrogens with one attached hydrogen (secondary N) is 2. The van der Waals surface area contributed by atoms with Crippen molar-refractivity contribution >= 4 is 39.7 Å². The first-order valence-corrected chi connectivity index (χ1v) is 7.73. The summed E-state index contributed by atoms with van der Waals surface area (Å²) in [5.74, 6) is 0. The van der Waals surface area contributed by atoms with Gasteiger partial charge in [-0.2, -0.15) is 0 Å². The molecule has 2 rings (SSSR count). The Labute approximate surface area is 119 Å². The summed E-state index contributed by atoms with van der Waals surface area (Å²) in [4.78, 5) is 0. The molecule has 7 heteroatoms. The van der Waals surface area contributed by atoms with E-state index in [1.165, 1.54) is 5.56 Å². The minimum Gasteiger partial charge on any atom is -0.316 e. The summed E-state index contributed by atoms with van der Waals surface area (Å²) < 4.78 is 24.9. The third kappa shape index (κ3) is 3.75. The van der Waals surface area contributed by atoms with Crippen molar-refractivity contribution in [3.63, 3.8) is 0 Å². The zero-order valence-corrected chi connectivity index (χ0v) is 12.4. The summed E-state index contributed by atoms with van der Waals surface area (Å²) >= 11 is 6.25. The van der Waals surface area contributed by atoms with Gasteiger partial charge in [0.2, 0.25) is 10.0 Å². The second kappa shape index (κ2) is 6.10. The molecular formula is C11H16Cl2N2O2S. The number of hydrogen-bond donors (Lipinski definition) is 2. The smallest absolute Gasteiger partial charge is 0.229 e. The van der Waals surface area contributed by atoms with Crippen LogP contribution >= 0.6 is 24.0 Å². The van der Waals surface area contributed by atoms with Crippen LogP contribution in [0.5, 0.6) is 0 Å². The Morgan fingerprint density at radius 3 is 2.61 bits per heavy atom. The van der Waals surface area contributed by atoms with Gasteiger partial charge in [0, 0.05) is 0 Å². The van der Waals surface area contributed by atoms with Gasteiger partial charge in [-0.3, -0.25) is 4.72 Å². The molecule has 0 aliphatic carbocycles. The SMILES string of the molecule is CS(=O)(=O)Nc1ccc2c(c1Cl)CCNCC2.Cl. The monoisotopic (exact) mass is 310 g/mol. The molecule has 0 saturated heterocycles. The van der Waals surface area contributed by atoms with Crippen molar-refractivity contribution in [2.75, 3.05) is 24.1 Å². The van der Waals surface area contributed by atoms with E-state index in [4.69, 9.17) is 11.6 Å². The maximum Gasteiger partial charge on any atom is 0.229 e. The molecule has 102 valence electrons. The summed E-state index contributed by atoms with van der Waals surface area (Å²) in [6.07, 6.45) is 2.87. The van der Waals surface area contributed by atoms with Gasteiger partial charge in [-0.05, 0) is 43.1 Å². The highest BCUT2D eigenvalue weighted by Gasteiger charge is 2.15. The van der Waals surface area contributed by atoms with Crippen LogP contribution in [-0.4, -0.2) is 27.8 Å². The highest BCUT2D eigenvalue weighted by molar-refractivity contribution is 7.92. The van der Waals surface area contributed by atoms with Gasteiger partial charge in [0.05, 0.1) is 17.0 Å². The fraction of sp³-hybridized carbons (Fsp3) is 0.455. The molecule has 0 spiro atoms. The lowest BCUT2D eigenvalue weighted by Crippen LogP contribution is -2.16. The molecule has 1 aromatic carbocycles. The standard InChI is InChI=1S/C11H15ClN2O2S.ClH/c1-17(15,16)14-10-3-2-8-4-6-13-7-5-9(8)11(10)12;/h2-3,13-14H,4-7H2,1H3;1H. The Morgan fingerprint density at radius 1 is 1.28 bits per heavy atom. The Kier molecular flexibility index (Phi) is 5.28. The Hall–Kier alpha value is -0.490. The van der Waals surface area contributed by atoms with Gasteiger partial charge in [0.25, 0.3) is 0 Å². The number of benzene rings is 1. The molecule has 1 aromatic rings. The molecule has 1 heterocycles. The normalized spacial score (nSPS) is 15.2. The second-order valence-electron chi connectivity index (χ2n) is 4.19. The molecule has 4 nitrogen and oxygen atoms in total. The Balaban J connectivity index is 0.00000162. The van der Waals surface area contributed by atoms with Crippen molar-refractivity contribution in [2.24, 2.45) is 0 Å². The van der Waals surface area contributed by atoms with Gasteiger partial charge >= 0.3 is 0 Å². The number of sulfonamides is 1. The molecule has 0 fully saturated rings. The lowest BCUT2D eigenvalue weighted by molar-refractivity contribution is 0.607. The Bertz CT molecular complexity index is 532. The minimum atomic E-state index is -3.29. The molecule has 0 atom stereocenters. The predicted molar refractivity (Wildman–Crippen MR) is 77.4 cm³/mol. The van der Waals surface area contributed by atoms with E-state index in [2.05, 4.69) is 10.0 Å². The molecule has 0 unspecified atom stereocenters. The van der Waals surface area contributed by atoms with Crippen molar-refractivity contribution < 1.29 is 8.42 Å². The molecular weight excluding hydrogens is 295 g/mol. The summed E-state index contributed by atoms with van der Waals surface area (Å²) in [5, 5.41) is 3.82. The summed E-state index contributed by atoms with van der Waals surface area (Å²) in [7, 11) is -3.29. The number of halogens is 2. The van der Waals surface area contributed by atoms with Crippen LogP contribution in [0.15, 0.2) is 12.1 Å². The summed E-state index contributed by atoms with van der Waals surface area (Å²) in [6, 6.07) is 3.68. The van der Waals surface area contributed by atoms with Gasteiger partial charge < -0.3 is 5.32 Å². The zero-order chi connectivity index (χ0) is 12.5. The maximum absolute atomic E-state index is 11.2. The first kappa shape index (κ1) is 15.6. The van der Waals surface area contributed by atoms with E-state index in [1.807, 2.05) is 6.07 Å². The highest BCUT2D eigenvalue weighted by Crippen LogP contribution is 2.30. The summed E-state index contributed by atoms with van der Waals surface area (Å²) in [6.45, 7) is 1.80. The first-order valence-electron chi connectivity index (χ1n) is 5.46. The number of anilines is 1. The average molecular weight is 311 g/mol. The third-order valence-corrected chi connectivity index (χ3v) is 3.78. The van der Waals surface area contributed by atoms with E-state index in [0.29, 0.717) is 10.7 Å². The van der Waals surface area contributed by atoms with Crippen molar-refractivity contribution in [2.45, 2.75) is 12.8 Å². The van der Waals surface area contributed by atoms with Crippen LogP contribution in [-0.2, 0) is 22.9 Å². The number of fused-ring (bicyclic) bond motifs is 1. The van der Waals surface area contributed by atoms with E-state index in [9.17, 15) is 8.42 Å². The molecule has 0 aromatic heterocycles. The lowest BCUT2D eigenvalue weighted by Gasteiger charge is -2.13. The molecule has 1 aliphatic rings. The predicted octanol–water partition coefficient (Wildman–Crippen LogP) is 1.82. The molecule has 1 aliphatic heterocycles. The van der Waals surface area contributed by atoms with Crippen molar-refractivity contribution in [3.05, 3.63) is 28.3 Å². The minimum absolute atomic E-state index is 0. The molecule has 0 radical (unpaired) electrons. The van der Waals surface area contributed by atoms with Crippen LogP contribution in [0.3, 0.4) is 0 Å². The van der Waals surface area contributed by atoms with E-state index in [0.717, 1.165) is 37.8 Å². The van der Waals surface area contributed by atoms with Gasteiger partial charge in [-0.15, -0.1) is 12.4 Å². The van der Waals surface area contributed by atoms with Gasteiger partial charge in [-0.1, -0.05) is 17.7 Å². The fourth-order valence-corrected chi connectivity index (χ4v) is 2.96. The molecule has 0 bridgehead atoms. The van der Waals surface area contributed by atoms with Gasteiger partial charge in [0.15, 0.2) is 0 Å². The van der Waals surface area contributed by atoms with Crippen LogP contribution in [0.4, 0.5) is 5.69 Å². The van der Waals surface area contributed by atoms with Crippen LogP contribution in [0.2, 0.25) is 5.02 Å². The van der Waals surface area contributed by atoms with Crippen LogP contribution in [0.1, 0.15) is 11.1 Å². The van der Waals surface area contributed by atoms with Crippen molar-refractivity contribution in [1.29, 1.82) is 0 Å². The van der Waals surface area contributed by atoms with Gasteiger partial charge in [-0.25, -0.2) is 8.42 Å².